The van der Waals surface area contributed by atoms with E-state index in [1.165, 1.54) is 31.3 Å². The van der Waals surface area contributed by atoms with Gasteiger partial charge in [-0.25, -0.2) is 0 Å². The number of nitrogens with one attached hydrogen (secondary N) is 1. The number of hydrogen-bond acceptors (Lipinski definition) is 2. The van der Waals surface area contributed by atoms with Crippen LogP contribution < -0.4 is 0 Å². The van der Waals surface area contributed by atoms with Crippen LogP contribution in [0.2, 0.25) is 0 Å². The summed E-state index contributed by atoms with van der Waals surface area (Å²) in [6.45, 7) is 4.18. The molecule has 1 N–H and O–H groups in total. The fourth-order valence-corrected chi connectivity index (χ4v) is 3.44. The van der Waals surface area contributed by atoms with Gasteiger partial charge in [-0.3, -0.25) is 0 Å². The molecule has 1 aliphatic carbocycles. The van der Waals surface area contributed by atoms with Crippen molar-refractivity contribution in [1.82, 2.24) is 0 Å². The third-order valence-corrected chi connectivity index (χ3v) is 4.68. The van der Waals surface area contributed by atoms with Gasteiger partial charge in [0, 0.05) is 5.71 Å². The second-order valence-electron chi connectivity index (χ2n) is 6.48. The Morgan fingerprint density at radius 2 is 2.20 bits per heavy atom. The maximum absolute atomic E-state index is 7.76. The van der Waals surface area contributed by atoms with E-state index in [1.54, 1.807) is 0 Å². The van der Waals surface area contributed by atoms with Gasteiger partial charge in [-0.2, -0.15) is 0 Å². The summed E-state index contributed by atoms with van der Waals surface area (Å²) in [5, 5.41) is 7.76. The summed E-state index contributed by atoms with van der Waals surface area (Å²) < 4.78 is 6.04. The molecule has 2 fully saturated rings. The van der Waals surface area contributed by atoms with Gasteiger partial charge in [-0.15, -0.1) is 6.42 Å². The van der Waals surface area contributed by atoms with E-state index in [4.69, 9.17) is 16.6 Å². The van der Waals surface area contributed by atoms with E-state index in [9.17, 15) is 0 Å². The van der Waals surface area contributed by atoms with E-state index in [0.29, 0.717) is 11.8 Å². The van der Waals surface area contributed by atoms with E-state index in [1.807, 2.05) is 6.92 Å². The average Bonchev–Trinajstić information content (AvgIpc) is 2.43. The van der Waals surface area contributed by atoms with Crippen molar-refractivity contribution in [3.05, 3.63) is 11.6 Å². The zero-order chi connectivity index (χ0) is 14.5. The first-order valence-corrected chi connectivity index (χ1v) is 7.96. The van der Waals surface area contributed by atoms with Gasteiger partial charge in [0.15, 0.2) is 0 Å². The van der Waals surface area contributed by atoms with Crippen LogP contribution >= 0.6 is 0 Å². The largest absolute Gasteiger partial charge is 0.358 e. The Kier molecular flexibility index (Phi) is 5.43. The number of allylic oxidation sites excluding steroid dienone is 1. The molecular formula is C18H27NO. The lowest BCUT2D eigenvalue weighted by atomic mass is 9.79. The van der Waals surface area contributed by atoms with Gasteiger partial charge in [0.05, 0.1) is 6.10 Å². The minimum atomic E-state index is -0.0143. The molecule has 1 saturated heterocycles. The minimum absolute atomic E-state index is 0.0143. The van der Waals surface area contributed by atoms with E-state index in [2.05, 4.69) is 18.9 Å². The lowest BCUT2D eigenvalue weighted by Gasteiger charge is -2.33. The molecule has 110 valence electrons. The topological polar surface area (TPSA) is 33.1 Å². The quantitative estimate of drug-likeness (QED) is 0.463. The van der Waals surface area contributed by atoms with Crippen molar-refractivity contribution in [2.45, 2.75) is 71.0 Å². The Hall–Kier alpha value is -1.07. The molecule has 0 amide bonds. The van der Waals surface area contributed by atoms with Crippen molar-refractivity contribution in [3.8, 4) is 12.3 Å². The normalized spacial score (nSPS) is 36.5. The summed E-state index contributed by atoms with van der Waals surface area (Å²) in [6, 6.07) is 0. The fourth-order valence-electron chi connectivity index (χ4n) is 3.44. The second-order valence-corrected chi connectivity index (χ2v) is 6.48. The number of terminal acetylenes is 1. The zero-order valence-electron chi connectivity index (χ0n) is 12.8. The van der Waals surface area contributed by atoms with Gasteiger partial charge in [-0.05, 0) is 57.3 Å². The summed E-state index contributed by atoms with van der Waals surface area (Å²) >= 11 is 0. The first-order valence-electron chi connectivity index (χ1n) is 7.96. The van der Waals surface area contributed by atoms with E-state index in [-0.39, 0.29) is 12.2 Å². The Morgan fingerprint density at radius 1 is 1.40 bits per heavy atom. The van der Waals surface area contributed by atoms with Crippen molar-refractivity contribution in [2.75, 3.05) is 0 Å². The summed E-state index contributed by atoms with van der Waals surface area (Å²) in [5.41, 5.74) is 2.30. The van der Waals surface area contributed by atoms with Gasteiger partial charge in [0.1, 0.15) is 6.10 Å². The molecule has 0 aromatic carbocycles. The third-order valence-electron chi connectivity index (χ3n) is 4.68. The molecular weight excluding hydrogens is 246 g/mol. The van der Waals surface area contributed by atoms with Crippen molar-refractivity contribution >= 4 is 5.71 Å². The van der Waals surface area contributed by atoms with Crippen molar-refractivity contribution in [1.29, 1.82) is 5.41 Å². The third kappa shape index (κ3) is 3.96. The van der Waals surface area contributed by atoms with Crippen LogP contribution in [0, 0.1) is 29.6 Å². The second kappa shape index (κ2) is 7.09. The van der Waals surface area contributed by atoms with E-state index < -0.39 is 0 Å². The molecule has 0 bridgehead atoms. The van der Waals surface area contributed by atoms with Crippen LogP contribution in [-0.4, -0.2) is 17.9 Å². The predicted octanol–water partition coefficient (Wildman–Crippen LogP) is 4.35. The molecule has 1 saturated carbocycles. The highest BCUT2D eigenvalue weighted by Crippen LogP contribution is 2.35. The number of hydrogen-bond donors (Lipinski definition) is 1. The van der Waals surface area contributed by atoms with Crippen LogP contribution in [0.4, 0.5) is 0 Å². The molecule has 0 radical (unpaired) electrons. The molecule has 2 nitrogen and oxygen atoms in total. The van der Waals surface area contributed by atoms with Gasteiger partial charge < -0.3 is 10.1 Å². The van der Waals surface area contributed by atoms with Gasteiger partial charge in [0.2, 0.25) is 0 Å². The highest BCUT2D eigenvalue weighted by molar-refractivity contribution is 5.79. The first kappa shape index (κ1) is 15.3. The molecule has 1 aliphatic heterocycles. The molecule has 2 heteroatoms. The van der Waals surface area contributed by atoms with Gasteiger partial charge in [-0.1, -0.05) is 30.9 Å². The van der Waals surface area contributed by atoms with Crippen molar-refractivity contribution in [2.24, 2.45) is 11.8 Å². The molecule has 4 atom stereocenters. The summed E-state index contributed by atoms with van der Waals surface area (Å²) in [7, 11) is 0. The van der Waals surface area contributed by atoms with Crippen LogP contribution in [0.15, 0.2) is 11.6 Å². The van der Waals surface area contributed by atoms with Crippen LogP contribution in [-0.2, 0) is 4.74 Å². The predicted molar refractivity (Wildman–Crippen MR) is 84.0 cm³/mol. The SMILES string of the molecule is C#C[C@H]1CC[C@H](C)C(/C=C2/CCCC[C@@H]2CC(C)=N)O1. The zero-order valence-corrected chi connectivity index (χ0v) is 12.8. The molecule has 0 aromatic heterocycles. The van der Waals surface area contributed by atoms with E-state index in [0.717, 1.165) is 25.0 Å². The molecule has 0 aromatic rings. The Balaban J connectivity index is 2.09. The van der Waals surface area contributed by atoms with Gasteiger partial charge in [0.25, 0.3) is 0 Å². The minimum Gasteiger partial charge on any atom is -0.358 e. The Bertz CT molecular complexity index is 418. The monoisotopic (exact) mass is 273 g/mol. The highest BCUT2D eigenvalue weighted by atomic mass is 16.5. The van der Waals surface area contributed by atoms with Crippen LogP contribution in [0.25, 0.3) is 0 Å². The first-order chi connectivity index (χ1) is 9.60. The Labute approximate surface area is 123 Å². The van der Waals surface area contributed by atoms with Crippen LogP contribution in [0.3, 0.4) is 0 Å². The molecule has 20 heavy (non-hydrogen) atoms. The summed E-state index contributed by atoms with van der Waals surface area (Å²) in [6.07, 6.45) is 16.0. The number of ether oxygens (including phenoxy) is 1. The molecule has 2 aliphatic rings. The average molecular weight is 273 g/mol. The molecule has 2 rings (SSSR count). The van der Waals surface area contributed by atoms with Crippen LogP contribution in [0.5, 0.6) is 0 Å². The smallest absolute Gasteiger partial charge is 0.118 e. The lowest BCUT2D eigenvalue weighted by molar-refractivity contribution is -0.0258. The Morgan fingerprint density at radius 3 is 2.90 bits per heavy atom. The standard InChI is InChI=1S/C18H27NO/c1-4-17-10-9-13(2)18(20-17)12-16-8-6-5-7-15(16)11-14(3)19/h1,12-13,15,17-19H,5-11H2,2-3H3/b16-12-,19-14?/t13-,15+,17-,18?/m0/s1. The highest BCUT2D eigenvalue weighted by Gasteiger charge is 2.28. The maximum Gasteiger partial charge on any atom is 0.118 e. The van der Waals surface area contributed by atoms with Crippen molar-refractivity contribution in [3.63, 3.8) is 0 Å². The van der Waals surface area contributed by atoms with Crippen LogP contribution in [0.1, 0.15) is 58.8 Å². The lowest BCUT2D eigenvalue weighted by Crippen LogP contribution is -2.32. The van der Waals surface area contributed by atoms with Gasteiger partial charge >= 0.3 is 0 Å². The van der Waals surface area contributed by atoms with E-state index >= 15 is 0 Å². The fraction of sp³-hybridized carbons (Fsp3) is 0.722. The number of rotatable bonds is 3. The molecule has 1 heterocycles. The van der Waals surface area contributed by atoms with Crippen molar-refractivity contribution < 1.29 is 4.74 Å². The maximum atomic E-state index is 7.76. The molecule has 1 unspecified atom stereocenters. The molecule has 0 spiro atoms. The summed E-state index contributed by atoms with van der Waals surface area (Å²) in [5.74, 6) is 3.86. The summed E-state index contributed by atoms with van der Waals surface area (Å²) in [4.78, 5) is 0.